The Bertz CT molecular complexity index is 777. The quantitative estimate of drug-likeness (QED) is 0.783. The molecule has 2 aromatic rings. The lowest BCUT2D eigenvalue weighted by molar-refractivity contribution is -0.138. The zero-order valence-electron chi connectivity index (χ0n) is 15.6. The van der Waals surface area contributed by atoms with Gasteiger partial charge in [-0.1, -0.05) is 38.1 Å². The summed E-state index contributed by atoms with van der Waals surface area (Å²) < 4.78 is 5.21. The molecule has 0 aliphatic carbocycles. The van der Waals surface area contributed by atoms with Crippen LogP contribution in [0.15, 0.2) is 28.8 Å². The van der Waals surface area contributed by atoms with Crippen LogP contribution in [0.3, 0.4) is 0 Å². The zero-order chi connectivity index (χ0) is 19.3. The molecule has 2 rings (SSSR count). The van der Waals surface area contributed by atoms with E-state index in [1.54, 1.807) is 31.2 Å². The molecular weight excluding hydrogens is 334 g/mol. The number of nitrogens with one attached hydrogen (secondary N) is 1. The molecule has 26 heavy (non-hydrogen) atoms. The van der Waals surface area contributed by atoms with E-state index in [1.165, 1.54) is 0 Å². The first kappa shape index (κ1) is 19.6. The fourth-order valence-corrected chi connectivity index (χ4v) is 2.31. The predicted octanol–water partition coefficient (Wildman–Crippen LogP) is 3.52. The number of rotatable bonds is 7. The van der Waals surface area contributed by atoms with Gasteiger partial charge in [-0.2, -0.15) is 4.98 Å². The molecule has 1 aromatic heterocycles. The SMILES string of the molecule is CC(C(=O)O)c1cccc(NC(=O)CCCc2nc(C(C)(C)C)no2)c1. The van der Waals surface area contributed by atoms with Gasteiger partial charge >= 0.3 is 5.97 Å². The van der Waals surface area contributed by atoms with Gasteiger partial charge in [0.1, 0.15) is 0 Å². The number of carboxylic acids is 1. The van der Waals surface area contributed by atoms with Gasteiger partial charge in [0, 0.05) is 23.9 Å². The molecule has 1 aromatic carbocycles. The van der Waals surface area contributed by atoms with Crippen LogP contribution in [0.5, 0.6) is 0 Å². The molecule has 7 heteroatoms. The fourth-order valence-electron chi connectivity index (χ4n) is 2.31. The molecule has 0 spiro atoms. The van der Waals surface area contributed by atoms with Crippen LogP contribution in [0, 0.1) is 0 Å². The van der Waals surface area contributed by atoms with E-state index in [0.29, 0.717) is 42.2 Å². The third-order valence-electron chi connectivity index (χ3n) is 3.97. The number of aryl methyl sites for hydroxylation is 1. The first-order valence-corrected chi connectivity index (χ1v) is 8.62. The summed E-state index contributed by atoms with van der Waals surface area (Å²) in [5, 5.41) is 15.8. The first-order valence-electron chi connectivity index (χ1n) is 8.62. The minimum absolute atomic E-state index is 0.138. The van der Waals surface area contributed by atoms with Gasteiger partial charge in [-0.25, -0.2) is 0 Å². The molecular formula is C19H25N3O4. The number of carbonyl (C=O) groups is 2. The Morgan fingerprint density at radius 2 is 2.04 bits per heavy atom. The van der Waals surface area contributed by atoms with Gasteiger partial charge in [-0.3, -0.25) is 9.59 Å². The fraction of sp³-hybridized carbons (Fsp3) is 0.474. The summed E-state index contributed by atoms with van der Waals surface area (Å²) in [6, 6.07) is 6.89. The van der Waals surface area contributed by atoms with Crippen molar-refractivity contribution < 1.29 is 19.2 Å². The van der Waals surface area contributed by atoms with Crippen LogP contribution >= 0.6 is 0 Å². The summed E-state index contributed by atoms with van der Waals surface area (Å²) >= 11 is 0. The zero-order valence-corrected chi connectivity index (χ0v) is 15.6. The number of hydrogen-bond donors (Lipinski definition) is 2. The van der Waals surface area contributed by atoms with Crippen molar-refractivity contribution in [1.29, 1.82) is 0 Å². The van der Waals surface area contributed by atoms with Gasteiger partial charge in [-0.15, -0.1) is 0 Å². The molecule has 0 aliphatic heterocycles. The second kappa shape index (κ2) is 8.12. The van der Waals surface area contributed by atoms with E-state index in [-0.39, 0.29) is 11.3 Å². The number of anilines is 1. The van der Waals surface area contributed by atoms with Crippen molar-refractivity contribution in [3.63, 3.8) is 0 Å². The third-order valence-corrected chi connectivity index (χ3v) is 3.97. The molecule has 0 aliphatic rings. The molecule has 0 saturated heterocycles. The minimum atomic E-state index is -0.900. The molecule has 2 N–H and O–H groups in total. The summed E-state index contributed by atoms with van der Waals surface area (Å²) in [6.07, 6.45) is 1.43. The van der Waals surface area contributed by atoms with Crippen molar-refractivity contribution >= 4 is 17.6 Å². The Morgan fingerprint density at radius 1 is 1.31 bits per heavy atom. The Kier molecular flexibility index (Phi) is 6.13. The van der Waals surface area contributed by atoms with E-state index in [9.17, 15) is 9.59 Å². The lowest BCUT2D eigenvalue weighted by Crippen LogP contribution is -2.13. The third kappa shape index (κ3) is 5.40. The maximum atomic E-state index is 12.1. The van der Waals surface area contributed by atoms with E-state index in [2.05, 4.69) is 15.5 Å². The smallest absolute Gasteiger partial charge is 0.310 e. The Morgan fingerprint density at radius 3 is 2.65 bits per heavy atom. The highest BCUT2D eigenvalue weighted by molar-refractivity contribution is 5.91. The summed E-state index contributed by atoms with van der Waals surface area (Å²) in [6.45, 7) is 7.64. The molecule has 1 heterocycles. The van der Waals surface area contributed by atoms with Gasteiger partial charge in [0.15, 0.2) is 5.82 Å². The highest BCUT2D eigenvalue weighted by Crippen LogP contribution is 2.20. The lowest BCUT2D eigenvalue weighted by atomic mass is 9.96. The molecule has 1 amide bonds. The van der Waals surface area contributed by atoms with Crippen LogP contribution < -0.4 is 5.32 Å². The van der Waals surface area contributed by atoms with Gasteiger partial charge in [0.05, 0.1) is 5.92 Å². The Balaban J connectivity index is 1.85. The van der Waals surface area contributed by atoms with Gasteiger partial charge in [-0.05, 0) is 31.0 Å². The number of nitrogens with zero attached hydrogens (tertiary/aromatic N) is 2. The predicted molar refractivity (Wildman–Crippen MR) is 97.1 cm³/mol. The first-order chi connectivity index (χ1) is 12.2. The Hall–Kier alpha value is -2.70. The summed E-state index contributed by atoms with van der Waals surface area (Å²) in [7, 11) is 0. The maximum Gasteiger partial charge on any atom is 0.310 e. The highest BCUT2D eigenvalue weighted by Gasteiger charge is 2.20. The van der Waals surface area contributed by atoms with Gasteiger partial charge in [0.2, 0.25) is 11.8 Å². The topological polar surface area (TPSA) is 105 Å². The number of aromatic nitrogens is 2. The van der Waals surface area contributed by atoms with E-state index >= 15 is 0 Å². The summed E-state index contributed by atoms with van der Waals surface area (Å²) in [4.78, 5) is 27.5. The molecule has 0 saturated carbocycles. The molecule has 7 nitrogen and oxygen atoms in total. The van der Waals surface area contributed by atoms with Crippen LogP contribution in [-0.4, -0.2) is 27.1 Å². The molecule has 0 bridgehead atoms. The maximum absolute atomic E-state index is 12.1. The molecule has 140 valence electrons. The summed E-state index contributed by atoms with van der Waals surface area (Å²) in [5.74, 6) is -0.480. The van der Waals surface area contributed by atoms with Crippen LogP contribution in [0.4, 0.5) is 5.69 Å². The minimum Gasteiger partial charge on any atom is -0.481 e. The molecule has 0 fully saturated rings. The molecule has 0 radical (unpaired) electrons. The number of carbonyl (C=O) groups excluding carboxylic acids is 1. The number of carboxylic acid groups (broad SMARTS) is 1. The lowest BCUT2D eigenvalue weighted by Gasteiger charge is -2.10. The van der Waals surface area contributed by atoms with E-state index in [4.69, 9.17) is 9.63 Å². The van der Waals surface area contributed by atoms with Crippen molar-refractivity contribution in [2.75, 3.05) is 5.32 Å². The van der Waals surface area contributed by atoms with Crippen LogP contribution in [0.25, 0.3) is 0 Å². The van der Waals surface area contributed by atoms with Gasteiger partial charge < -0.3 is 14.9 Å². The second-order valence-electron chi connectivity index (χ2n) is 7.35. The van der Waals surface area contributed by atoms with Crippen molar-refractivity contribution in [3.05, 3.63) is 41.5 Å². The number of amides is 1. The molecule has 1 unspecified atom stereocenters. The van der Waals surface area contributed by atoms with Crippen LogP contribution in [0.1, 0.15) is 63.7 Å². The van der Waals surface area contributed by atoms with Crippen LogP contribution in [-0.2, 0) is 21.4 Å². The monoisotopic (exact) mass is 359 g/mol. The van der Waals surface area contributed by atoms with E-state index < -0.39 is 11.9 Å². The average molecular weight is 359 g/mol. The van der Waals surface area contributed by atoms with E-state index in [0.717, 1.165) is 0 Å². The van der Waals surface area contributed by atoms with Gasteiger partial charge in [0.25, 0.3) is 0 Å². The summed E-state index contributed by atoms with van der Waals surface area (Å²) in [5.41, 5.74) is 1.07. The van der Waals surface area contributed by atoms with Crippen LogP contribution in [0.2, 0.25) is 0 Å². The normalized spacial score (nSPS) is 12.6. The average Bonchev–Trinajstić information content (AvgIpc) is 3.03. The number of benzene rings is 1. The standard InChI is InChI=1S/C19H25N3O4/c1-12(17(24)25)13-7-5-8-14(11-13)20-15(23)9-6-10-16-21-18(22-26-16)19(2,3)4/h5,7-8,11-12H,6,9-10H2,1-4H3,(H,20,23)(H,24,25). The largest absolute Gasteiger partial charge is 0.481 e. The van der Waals surface area contributed by atoms with Crippen molar-refractivity contribution in [2.45, 2.75) is 58.3 Å². The Labute approximate surface area is 152 Å². The highest BCUT2D eigenvalue weighted by atomic mass is 16.5. The molecule has 1 atom stereocenters. The number of hydrogen-bond acceptors (Lipinski definition) is 5. The number of aliphatic carboxylic acids is 1. The second-order valence-corrected chi connectivity index (χ2v) is 7.35. The van der Waals surface area contributed by atoms with E-state index in [1.807, 2.05) is 20.8 Å². The van der Waals surface area contributed by atoms with Crippen molar-refractivity contribution in [2.24, 2.45) is 0 Å². The van der Waals surface area contributed by atoms with Crippen molar-refractivity contribution in [1.82, 2.24) is 10.1 Å². The van der Waals surface area contributed by atoms with Crippen molar-refractivity contribution in [3.8, 4) is 0 Å².